The Hall–Kier alpha value is -2.76. The second kappa shape index (κ2) is 5.53. The van der Waals surface area contributed by atoms with Gasteiger partial charge in [-0.15, -0.1) is 0 Å². The third-order valence-corrected chi connectivity index (χ3v) is 2.06. The Morgan fingerprint density at radius 2 is 1.94 bits per heavy atom. The molecule has 2 N–H and O–H groups in total. The highest BCUT2D eigenvalue weighted by Gasteiger charge is 1.98. The van der Waals surface area contributed by atoms with E-state index in [1.807, 2.05) is 6.07 Å². The molecule has 0 saturated heterocycles. The average Bonchev–Trinajstić information content (AvgIpc) is 2.87. The number of aromatic nitrogens is 4. The van der Waals surface area contributed by atoms with E-state index in [4.69, 9.17) is 5.11 Å². The lowest BCUT2D eigenvalue weighted by Crippen LogP contribution is -1.91. The molecule has 0 amide bonds. The number of aldehydes is 1. The predicted octanol–water partition coefficient (Wildman–Crippen LogP) is 1.56. The summed E-state index contributed by atoms with van der Waals surface area (Å²) in [6.07, 6.45) is 3.63. The van der Waals surface area contributed by atoms with Crippen LogP contribution >= 0.6 is 0 Å². The topological polar surface area (TPSA) is 91.8 Å². The lowest BCUT2D eigenvalue weighted by molar-refractivity contribution is 0.111. The molecule has 6 nitrogen and oxygen atoms in total. The summed E-state index contributed by atoms with van der Waals surface area (Å²) in [6, 6.07) is 8.71. The van der Waals surface area contributed by atoms with Gasteiger partial charge in [0.05, 0.1) is 12.5 Å². The minimum Gasteiger partial charge on any atom is -0.508 e. The van der Waals surface area contributed by atoms with Crippen molar-refractivity contribution in [3.8, 4) is 5.75 Å². The summed E-state index contributed by atoms with van der Waals surface area (Å²) in [7, 11) is 0. The number of benzene rings is 1. The van der Waals surface area contributed by atoms with Gasteiger partial charge in [-0.05, 0) is 12.1 Å². The first-order valence-corrected chi connectivity index (χ1v) is 5.15. The summed E-state index contributed by atoms with van der Waals surface area (Å²) < 4.78 is 0. The van der Waals surface area contributed by atoms with E-state index in [-0.39, 0.29) is 5.82 Å². The summed E-state index contributed by atoms with van der Waals surface area (Å²) in [6.45, 7) is 0. The number of H-pyrrole nitrogens is 1. The number of phenols is 1. The molecule has 3 rings (SSSR count). The molecule has 90 valence electrons. The van der Waals surface area contributed by atoms with Crippen molar-refractivity contribution in [1.82, 2.24) is 19.9 Å². The fourth-order valence-corrected chi connectivity index (χ4v) is 1.23. The van der Waals surface area contributed by atoms with Crippen LogP contribution in [0, 0.1) is 0 Å². The van der Waals surface area contributed by atoms with E-state index in [1.165, 1.54) is 12.5 Å². The van der Waals surface area contributed by atoms with Gasteiger partial charge in [0.25, 0.3) is 0 Å². The van der Waals surface area contributed by atoms with Gasteiger partial charge < -0.3 is 10.1 Å². The lowest BCUT2D eigenvalue weighted by Gasteiger charge is -1.86. The molecule has 0 atom stereocenters. The van der Waals surface area contributed by atoms with Gasteiger partial charge >= 0.3 is 0 Å². The number of aromatic amines is 1. The summed E-state index contributed by atoms with van der Waals surface area (Å²) in [5, 5.41) is 8.63. The maximum atomic E-state index is 10.2. The number of rotatable bonds is 1. The van der Waals surface area contributed by atoms with Crippen LogP contribution < -0.4 is 0 Å². The quantitative estimate of drug-likeness (QED) is 0.632. The molecule has 0 radical (unpaired) electrons. The van der Waals surface area contributed by atoms with Crippen LogP contribution in [-0.2, 0) is 0 Å². The van der Waals surface area contributed by atoms with Crippen LogP contribution in [0.25, 0.3) is 11.2 Å². The second-order valence-corrected chi connectivity index (χ2v) is 3.32. The van der Waals surface area contributed by atoms with Gasteiger partial charge in [-0.3, -0.25) is 4.79 Å². The number of aromatic hydroxyl groups is 1. The van der Waals surface area contributed by atoms with E-state index in [0.29, 0.717) is 17.7 Å². The standard InChI is InChI=1S/C6H4N4O.C6H6O/c11-2-5-7-1-4-6(10-5)9-3-8-4;7-6-4-2-1-3-5-6/h1-3H,(H,7,8,9,10);1-5,7H. The highest BCUT2D eigenvalue weighted by molar-refractivity contribution is 5.75. The fraction of sp³-hybridized carbons (Fsp3) is 0. The first-order chi connectivity index (χ1) is 8.79. The molecule has 0 saturated carbocycles. The van der Waals surface area contributed by atoms with E-state index in [9.17, 15) is 4.79 Å². The maximum absolute atomic E-state index is 10.2. The van der Waals surface area contributed by atoms with E-state index in [1.54, 1.807) is 24.3 Å². The number of nitrogens with one attached hydrogen (secondary N) is 1. The summed E-state index contributed by atoms with van der Waals surface area (Å²) in [4.78, 5) is 24.5. The molecule has 0 aliphatic heterocycles. The Bertz CT molecular complexity index is 637. The van der Waals surface area contributed by atoms with Gasteiger partial charge in [0.2, 0.25) is 0 Å². The minimum atomic E-state index is 0.157. The molecule has 0 spiro atoms. The normalized spacial score (nSPS) is 9.56. The Balaban J connectivity index is 0.000000149. The molecule has 3 aromatic rings. The first kappa shape index (κ1) is 11.7. The minimum absolute atomic E-state index is 0.157. The number of nitrogens with zero attached hydrogens (tertiary/aromatic N) is 3. The number of carbonyl (C=O) groups is 1. The van der Waals surface area contributed by atoms with E-state index < -0.39 is 0 Å². The van der Waals surface area contributed by atoms with Crippen molar-refractivity contribution < 1.29 is 9.90 Å². The van der Waals surface area contributed by atoms with Crippen molar-refractivity contribution in [2.45, 2.75) is 0 Å². The van der Waals surface area contributed by atoms with E-state index in [2.05, 4.69) is 19.9 Å². The van der Waals surface area contributed by atoms with Crippen molar-refractivity contribution in [3.63, 3.8) is 0 Å². The van der Waals surface area contributed by atoms with Gasteiger partial charge in [0, 0.05) is 0 Å². The smallest absolute Gasteiger partial charge is 0.194 e. The fourth-order valence-electron chi connectivity index (χ4n) is 1.23. The van der Waals surface area contributed by atoms with Crippen LogP contribution in [0.4, 0.5) is 0 Å². The number of hydrogen-bond acceptors (Lipinski definition) is 5. The van der Waals surface area contributed by atoms with Gasteiger partial charge in [0.1, 0.15) is 11.3 Å². The summed E-state index contributed by atoms with van der Waals surface area (Å²) >= 11 is 0. The molecule has 18 heavy (non-hydrogen) atoms. The molecule has 0 unspecified atom stereocenters. The van der Waals surface area contributed by atoms with Crippen molar-refractivity contribution in [1.29, 1.82) is 0 Å². The Labute approximate surface area is 102 Å². The number of para-hydroxylation sites is 1. The molecule has 0 fully saturated rings. The summed E-state index contributed by atoms with van der Waals surface area (Å²) in [5.74, 6) is 0.479. The molecule has 2 heterocycles. The van der Waals surface area contributed by atoms with Crippen LogP contribution in [0.1, 0.15) is 10.6 Å². The highest BCUT2D eigenvalue weighted by Crippen LogP contribution is 2.03. The molecular formula is C12H10N4O2. The van der Waals surface area contributed by atoms with Crippen molar-refractivity contribution >= 4 is 17.5 Å². The number of phenolic OH excluding ortho intramolecular Hbond substituents is 1. The largest absolute Gasteiger partial charge is 0.508 e. The van der Waals surface area contributed by atoms with Crippen LogP contribution in [0.5, 0.6) is 5.75 Å². The SMILES string of the molecule is O=Cc1ncc2[nH]cnc2n1.Oc1ccccc1. The van der Waals surface area contributed by atoms with Crippen LogP contribution in [0.2, 0.25) is 0 Å². The van der Waals surface area contributed by atoms with Crippen molar-refractivity contribution in [3.05, 3.63) is 48.7 Å². The number of hydrogen-bond donors (Lipinski definition) is 2. The molecule has 2 aromatic heterocycles. The zero-order valence-electron chi connectivity index (χ0n) is 9.32. The number of imidazole rings is 1. The van der Waals surface area contributed by atoms with E-state index >= 15 is 0 Å². The van der Waals surface area contributed by atoms with Crippen molar-refractivity contribution in [2.24, 2.45) is 0 Å². The number of fused-ring (bicyclic) bond motifs is 1. The van der Waals surface area contributed by atoms with E-state index in [0.717, 1.165) is 5.52 Å². The summed E-state index contributed by atoms with van der Waals surface area (Å²) in [5.41, 5.74) is 1.25. The van der Waals surface area contributed by atoms with Gasteiger partial charge in [-0.2, -0.15) is 0 Å². The number of carbonyl (C=O) groups excluding carboxylic acids is 1. The van der Waals surface area contributed by atoms with Gasteiger partial charge in [-0.1, -0.05) is 18.2 Å². The average molecular weight is 242 g/mol. The first-order valence-electron chi connectivity index (χ1n) is 5.15. The molecule has 6 heteroatoms. The Kier molecular flexibility index (Phi) is 3.60. The third-order valence-electron chi connectivity index (χ3n) is 2.06. The molecule has 0 aliphatic carbocycles. The molecule has 0 aliphatic rings. The molecular weight excluding hydrogens is 232 g/mol. The zero-order chi connectivity index (χ0) is 12.8. The van der Waals surface area contributed by atoms with Gasteiger partial charge in [-0.25, -0.2) is 15.0 Å². The lowest BCUT2D eigenvalue weighted by atomic mass is 10.3. The Morgan fingerprint density at radius 1 is 1.17 bits per heavy atom. The van der Waals surface area contributed by atoms with Crippen LogP contribution in [-0.4, -0.2) is 31.3 Å². The third kappa shape index (κ3) is 2.88. The second-order valence-electron chi connectivity index (χ2n) is 3.32. The predicted molar refractivity (Wildman–Crippen MR) is 65.2 cm³/mol. The molecule has 0 bridgehead atoms. The molecule has 1 aromatic carbocycles. The van der Waals surface area contributed by atoms with Crippen LogP contribution in [0.15, 0.2) is 42.9 Å². The maximum Gasteiger partial charge on any atom is 0.194 e. The Morgan fingerprint density at radius 3 is 2.56 bits per heavy atom. The zero-order valence-corrected chi connectivity index (χ0v) is 9.32. The van der Waals surface area contributed by atoms with Crippen molar-refractivity contribution in [2.75, 3.05) is 0 Å². The monoisotopic (exact) mass is 242 g/mol. The highest BCUT2D eigenvalue weighted by atomic mass is 16.3. The van der Waals surface area contributed by atoms with Crippen LogP contribution in [0.3, 0.4) is 0 Å². The van der Waals surface area contributed by atoms with Gasteiger partial charge in [0.15, 0.2) is 17.8 Å².